The van der Waals surface area contributed by atoms with Gasteiger partial charge in [0.25, 0.3) is 0 Å². The Balaban J connectivity index is 1.17. The normalized spacial score (nSPS) is 11.9. The summed E-state index contributed by atoms with van der Waals surface area (Å²) in [6.45, 7) is 0. The van der Waals surface area contributed by atoms with Gasteiger partial charge in [0.2, 0.25) is 5.89 Å². The monoisotopic (exact) mass is 717 g/mol. The first kappa shape index (κ1) is 30.8. The highest BCUT2D eigenvalue weighted by molar-refractivity contribution is 6.22. The van der Waals surface area contributed by atoms with E-state index in [0.717, 1.165) is 83.0 Å². The minimum Gasteiger partial charge on any atom is -0.456 e. The van der Waals surface area contributed by atoms with E-state index < -0.39 is 0 Å². The number of furan rings is 1. The fourth-order valence-corrected chi connectivity index (χ4v) is 8.76. The summed E-state index contributed by atoms with van der Waals surface area (Å²) >= 11 is 0. The summed E-state index contributed by atoms with van der Waals surface area (Å²) in [4.78, 5) is 7.43. The summed E-state index contributed by atoms with van der Waals surface area (Å²) in [6.07, 6.45) is 0. The van der Waals surface area contributed by atoms with E-state index in [0.29, 0.717) is 11.5 Å². The van der Waals surface area contributed by atoms with Gasteiger partial charge in [0.05, 0.1) is 27.8 Å². The predicted octanol–water partition coefficient (Wildman–Crippen LogP) is 14.3. The van der Waals surface area contributed by atoms with Crippen molar-refractivity contribution in [2.45, 2.75) is 0 Å². The van der Waals surface area contributed by atoms with Gasteiger partial charge in [-0.05, 0) is 94.3 Å². The lowest BCUT2D eigenvalue weighted by molar-refractivity contribution is 0.621. The van der Waals surface area contributed by atoms with Gasteiger partial charge in [0, 0.05) is 33.1 Å². The lowest BCUT2D eigenvalue weighted by Gasteiger charge is -2.26. The number of para-hydroxylation sites is 3. The summed E-state index contributed by atoms with van der Waals surface area (Å²) in [5.74, 6) is 0.587. The molecule has 0 radical (unpaired) electrons. The zero-order valence-electron chi connectivity index (χ0n) is 30.1. The number of anilines is 3. The first-order valence-electron chi connectivity index (χ1n) is 18.9. The van der Waals surface area contributed by atoms with E-state index in [1.165, 1.54) is 16.2 Å². The van der Waals surface area contributed by atoms with Crippen LogP contribution in [0.25, 0.3) is 93.5 Å². The Morgan fingerprint density at radius 1 is 0.446 bits per heavy atom. The third-order valence-corrected chi connectivity index (χ3v) is 11.2. The third-order valence-electron chi connectivity index (χ3n) is 11.2. The number of fused-ring (bicyclic) bond motifs is 10. The van der Waals surface area contributed by atoms with E-state index in [9.17, 15) is 0 Å². The molecular formula is C51H31N3O2. The highest BCUT2D eigenvalue weighted by Crippen LogP contribution is 2.47. The van der Waals surface area contributed by atoms with E-state index in [-0.39, 0.29) is 0 Å². The molecule has 0 unspecified atom stereocenters. The largest absolute Gasteiger partial charge is 0.456 e. The van der Waals surface area contributed by atoms with Gasteiger partial charge in [-0.1, -0.05) is 115 Å². The van der Waals surface area contributed by atoms with Crippen LogP contribution < -0.4 is 4.90 Å². The summed E-state index contributed by atoms with van der Waals surface area (Å²) in [5, 5.41) is 9.12. The molecule has 0 saturated heterocycles. The summed E-state index contributed by atoms with van der Waals surface area (Å²) in [7, 11) is 0. The molecule has 9 aromatic carbocycles. The second-order valence-corrected chi connectivity index (χ2v) is 14.3. The van der Waals surface area contributed by atoms with Crippen LogP contribution in [0.1, 0.15) is 0 Å². The molecule has 3 aromatic heterocycles. The second kappa shape index (κ2) is 11.9. The minimum absolute atomic E-state index is 0.587. The van der Waals surface area contributed by atoms with Crippen LogP contribution in [0.4, 0.5) is 17.1 Å². The van der Waals surface area contributed by atoms with Gasteiger partial charge >= 0.3 is 0 Å². The summed E-state index contributed by atoms with van der Waals surface area (Å²) in [5.41, 5.74) is 10.4. The molecule has 12 rings (SSSR count). The molecule has 0 amide bonds. The van der Waals surface area contributed by atoms with Crippen molar-refractivity contribution < 1.29 is 8.83 Å². The fourth-order valence-electron chi connectivity index (χ4n) is 8.76. The van der Waals surface area contributed by atoms with E-state index in [2.05, 4.69) is 173 Å². The lowest BCUT2D eigenvalue weighted by Crippen LogP contribution is -2.10. The highest BCUT2D eigenvalue weighted by atomic mass is 16.3. The van der Waals surface area contributed by atoms with E-state index in [1.807, 2.05) is 24.3 Å². The van der Waals surface area contributed by atoms with E-state index in [4.69, 9.17) is 13.8 Å². The van der Waals surface area contributed by atoms with Gasteiger partial charge in [-0.15, -0.1) is 0 Å². The van der Waals surface area contributed by atoms with Crippen LogP contribution in [0.3, 0.4) is 0 Å². The SMILES string of the molecule is c1ccc(-n2c3ccc(N(c4cccc5nc(-c6cccc7ccccc67)oc45)c4cccc5oc6ccccc6c45)cc3c3c4ccccc4ccc32)cc1. The molecule has 0 aliphatic carbocycles. The molecule has 3 heterocycles. The Labute approximate surface area is 320 Å². The smallest absolute Gasteiger partial charge is 0.228 e. The third kappa shape index (κ3) is 4.52. The number of nitrogens with zero attached hydrogens (tertiary/aromatic N) is 3. The van der Waals surface area contributed by atoms with Crippen LogP contribution in [0.5, 0.6) is 0 Å². The van der Waals surface area contributed by atoms with Gasteiger partial charge < -0.3 is 18.3 Å². The van der Waals surface area contributed by atoms with Gasteiger partial charge in [-0.3, -0.25) is 0 Å². The molecule has 0 saturated carbocycles. The molecule has 0 fully saturated rings. The molecule has 5 heteroatoms. The molecule has 56 heavy (non-hydrogen) atoms. The second-order valence-electron chi connectivity index (χ2n) is 14.3. The van der Waals surface area contributed by atoms with Crippen molar-refractivity contribution in [3.63, 3.8) is 0 Å². The fraction of sp³-hybridized carbons (Fsp3) is 0. The van der Waals surface area contributed by atoms with Crippen molar-refractivity contribution >= 4 is 93.5 Å². The zero-order valence-corrected chi connectivity index (χ0v) is 30.1. The van der Waals surface area contributed by atoms with E-state index >= 15 is 0 Å². The number of rotatable bonds is 5. The van der Waals surface area contributed by atoms with Crippen LogP contribution in [0.15, 0.2) is 197 Å². The maximum Gasteiger partial charge on any atom is 0.228 e. The quantitative estimate of drug-likeness (QED) is 0.178. The Morgan fingerprint density at radius 3 is 2.02 bits per heavy atom. The molecule has 0 spiro atoms. The topological polar surface area (TPSA) is 47.3 Å². The molecule has 12 aromatic rings. The molecule has 0 N–H and O–H groups in total. The van der Waals surface area contributed by atoms with Gasteiger partial charge in [-0.25, -0.2) is 4.98 Å². The average Bonchev–Trinajstić information content (AvgIpc) is 3.96. The van der Waals surface area contributed by atoms with Crippen molar-refractivity contribution in [2.24, 2.45) is 0 Å². The molecule has 0 atom stereocenters. The molecule has 0 aliphatic heterocycles. The standard InChI is InChI=1S/C51H31N3O2/c1-2-16-34(17-3-1)53-42-30-28-35(31-40(42)48-37-19-7-5-14-33(37)27-29-44(48)53)54(43-23-12-26-47-49(43)39-20-8-9-25-46(39)55-47)45-24-11-22-41-50(45)56-51(52-41)38-21-10-15-32-13-4-6-18-36(32)38/h1-31H. The Morgan fingerprint density at radius 2 is 1.12 bits per heavy atom. The Bertz CT molecular complexity index is 3500. The van der Waals surface area contributed by atoms with Crippen LogP contribution in [0, 0.1) is 0 Å². The lowest BCUT2D eigenvalue weighted by atomic mass is 10.0. The first-order valence-corrected chi connectivity index (χ1v) is 18.9. The van der Waals surface area contributed by atoms with Crippen LogP contribution in [-0.2, 0) is 0 Å². The van der Waals surface area contributed by atoms with Crippen molar-refractivity contribution in [2.75, 3.05) is 4.90 Å². The Kier molecular flexibility index (Phi) is 6.56. The van der Waals surface area contributed by atoms with Gasteiger partial charge in [-0.2, -0.15) is 0 Å². The van der Waals surface area contributed by atoms with Crippen LogP contribution in [0.2, 0.25) is 0 Å². The maximum absolute atomic E-state index is 6.90. The number of aromatic nitrogens is 2. The number of hydrogen-bond donors (Lipinski definition) is 0. The van der Waals surface area contributed by atoms with Crippen molar-refractivity contribution in [3.8, 4) is 17.1 Å². The molecule has 262 valence electrons. The van der Waals surface area contributed by atoms with Crippen molar-refractivity contribution in [3.05, 3.63) is 188 Å². The number of oxazole rings is 1. The summed E-state index contributed by atoms with van der Waals surface area (Å²) < 4.78 is 15.7. The highest BCUT2D eigenvalue weighted by Gasteiger charge is 2.25. The van der Waals surface area contributed by atoms with Gasteiger partial charge in [0.1, 0.15) is 16.7 Å². The summed E-state index contributed by atoms with van der Waals surface area (Å²) in [6, 6.07) is 66.1. The number of hydrogen-bond acceptors (Lipinski definition) is 4. The molecule has 0 aliphatic rings. The minimum atomic E-state index is 0.587. The van der Waals surface area contributed by atoms with Crippen molar-refractivity contribution in [1.29, 1.82) is 0 Å². The van der Waals surface area contributed by atoms with Crippen LogP contribution in [-0.4, -0.2) is 9.55 Å². The molecule has 5 nitrogen and oxygen atoms in total. The number of benzene rings is 9. The molecular weight excluding hydrogens is 687 g/mol. The van der Waals surface area contributed by atoms with Crippen molar-refractivity contribution in [1.82, 2.24) is 9.55 Å². The predicted molar refractivity (Wildman–Crippen MR) is 231 cm³/mol. The van der Waals surface area contributed by atoms with E-state index in [1.54, 1.807) is 0 Å². The van der Waals surface area contributed by atoms with Gasteiger partial charge in [0.15, 0.2) is 5.58 Å². The first-order chi connectivity index (χ1) is 27.8. The average molecular weight is 718 g/mol. The Hall–Kier alpha value is -7.63. The molecule has 0 bridgehead atoms. The maximum atomic E-state index is 6.90. The zero-order chi connectivity index (χ0) is 36.7. The van der Waals surface area contributed by atoms with Crippen LogP contribution >= 0.6 is 0 Å².